The predicted molar refractivity (Wildman–Crippen MR) is 83.3 cm³/mol. The highest BCUT2D eigenvalue weighted by atomic mass is 32.2. The number of benzene rings is 2. The van der Waals surface area contributed by atoms with Gasteiger partial charge < -0.3 is 5.73 Å². The number of fused-ring (bicyclic) bond motifs is 1. The van der Waals surface area contributed by atoms with E-state index in [1.807, 2.05) is 18.2 Å². The Morgan fingerprint density at radius 1 is 1.14 bits per heavy atom. The first-order chi connectivity index (χ1) is 10.00. The van der Waals surface area contributed by atoms with Gasteiger partial charge in [-0.2, -0.15) is 4.31 Å². The van der Waals surface area contributed by atoms with Crippen LogP contribution >= 0.6 is 0 Å². The lowest BCUT2D eigenvalue weighted by Gasteiger charge is -2.25. The Kier molecular flexibility index (Phi) is 3.47. The summed E-state index contributed by atoms with van der Waals surface area (Å²) in [7, 11) is -1.89. The van der Waals surface area contributed by atoms with Gasteiger partial charge in [-0.15, -0.1) is 0 Å². The van der Waals surface area contributed by atoms with Crippen molar-refractivity contribution in [2.45, 2.75) is 23.8 Å². The molecule has 5 heteroatoms. The Hall–Kier alpha value is -1.85. The van der Waals surface area contributed by atoms with Gasteiger partial charge in [0.1, 0.15) is 0 Å². The second kappa shape index (κ2) is 5.16. The van der Waals surface area contributed by atoms with Crippen LogP contribution in [0.3, 0.4) is 0 Å². The summed E-state index contributed by atoms with van der Waals surface area (Å²) in [6, 6.07) is 14.4. The van der Waals surface area contributed by atoms with E-state index < -0.39 is 10.0 Å². The van der Waals surface area contributed by atoms with E-state index in [9.17, 15) is 8.42 Å². The van der Waals surface area contributed by atoms with Crippen LogP contribution in [0.2, 0.25) is 0 Å². The van der Waals surface area contributed by atoms with E-state index in [1.165, 1.54) is 15.9 Å². The van der Waals surface area contributed by atoms with Crippen LogP contribution in [-0.4, -0.2) is 19.8 Å². The fourth-order valence-electron chi connectivity index (χ4n) is 2.92. The Morgan fingerprint density at radius 3 is 2.67 bits per heavy atom. The smallest absolute Gasteiger partial charge is 0.243 e. The van der Waals surface area contributed by atoms with Crippen LogP contribution in [0.15, 0.2) is 53.4 Å². The molecule has 2 aromatic rings. The summed E-state index contributed by atoms with van der Waals surface area (Å²) in [6.45, 7) is 0. The summed E-state index contributed by atoms with van der Waals surface area (Å²) in [5, 5.41) is 0. The van der Waals surface area contributed by atoms with E-state index in [1.54, 1.807) is 25.2 Å². The fraction of sp³-hybridized carbons (Fsp3) is 0.250. The van der Waals surface area contributed by atoms with Crippen molar-refractivity contribution >= 4 is 15.7 Å². The zero-order chi connectivity index (χ0) is 15.0. The van der Waals surface area contributed by atoms with Crippen molar-refractivity contribution in [3.05, 3.63) is 59.7 Å². The van der Waals surface area contributed by atoms with E-state index in [0.717, 1.165) is 18.4 Å². The van der Waals surface area contributed by atoms with Crippen molar-refractivity contribution in [1.82, 2.24) is 4.31 Å². The molecule has 1 aliphatic rings. The third kappa shape index (κ3) is 2.43. The number of hydrogen-bond acceptors (Lipinski definition) is 3. The zero-order valence-electron chi connectivity index (χ0n) is 11.9. The van der Waals surface area contributed by atoms with Gasteiger partial charge in [0.25, 0.3) is 0 Å². The number of nitrogen functional groups attached to an aromatic ring is 1. The molecular formula is C16H18N2O2S. The average Bonchev–Trinajstić information content (AvgIpc) is 2.90. The molecule has 0 radical (unpaired) electrons. The van der Waals surface area contributed by atoms with Crippen LogP contribution in [0, 0.1) is 0 Å². The first kappa shape index (κ1) is 14.1. The molecular weight excluding hydrogens is 284 g/mol. The highest BCUT2D eigenvalue weighted by molar-refractivity contribution is 7.89. The predicted octanol–water partition coefficient (Wildman–Crippen LogP) is 2.58. The molecule has 0 fully saturated rings. The van der Waals surface area contributed by atoms with Gasteiger partial charge in [0.15, 0.2) is 0 Å². The molecule has 0 spiro atoms. The Labute approximate surface area is 125 Å². The molecule has 0 amide bonds. The van der Waals surface area contributed by atoms with Crippen LogP contribution in [0.1, 0.15) is 23.6 Å². The van der Waals surface area contributed by atoms with Gasteiger partial charge in [-0.25, -0.2) is 8.42 Å². The van der Waals surface area contributed by atoms with Gasteiger partial charge in [0, 0.05) is 12.7 Å². The van der Waals surface area contributed by atoms with E-state index in [-0.39, 0.29) is 10.9 Å². The lowest BCUT2D eigenvalue weighted by atomic mass is 10.1. The molecule has 0 saturated carbocycles. The van der Waals surface area contributed by atoms with E-state index in [2.05, 4.69) is 6.07 Å². The molecule has 4 nitrogen and oxygen atoms in total. The van der Waals surface area contributed by atoms with E-state index in [4.69, 9.17) is 5.73 Å². The minimum atomic E-state index is -3.53. The van der Waals surface area contributed by atoms with Crippen molar-refractivity contribution in [2.75, 3.05) is 12.8 Å². The third-order valence-electron chi connectivity index (χ3n) is 4.08. The minimum Gasteiger partial charge on any atom is -0.399 e. The van der Waals surface area contributed by atoms with Crippen molar-refractivity contribution in [2.24, 2.45) is 0 Å². The molecule has 0 aliphatic heterocycles. The van der Waals surface area contributed by atoms with Crippen LogP contribution < -0.4 is 5.73 Å². The molecule has 0 bridgehead atoms. The first-order valence-electron chi connectivity index (χ1n) is 6.91. The number of hydrogen-bond donors (Lipinski definition) is 1. The first-order valence-corrected chi connectivity index (χ1v) is 8.35. The number of rotatable bonds is 3. The monoisotopic (exact) mass is 302 g/mol. The molecule has 2 aromatic carbocycles. The van der Waals surface area contributed by atoms with Crippen LogP contribution in [0.4, 0.5) is 5.69 Å². The zero-order valence-corrected chi connectivity index (χ0v) is 12.7. The number of aryl methyl sites for hydroxylation is 1. The summed E-state index contributed by atoms with van der Waals surface area (Å²) < 4.78 is 27.0. The maximum atomic E-state index is 12.8. The number of nitrogens with two attached hydrogens (primary N) is 1. The summed E-state index contributed by atoms with van der Waals surface area (Å²) in [4.78, 5) is 0.245. The Morgan fingerprint density at radius 2 is 1.90 bits per heavy atom. The van der Waals surface area contributed by atoms with Gasteiger partial charge >= 0.3 is 0 Å². The van der Waals surface area contributed by atoms with Crippen molar-refractivity contribution in [3.63, 3.8) is 0 Å². The lowest BCUT2D eigenvalue weighted by Crippen LogP contribution is -2.30. The highest BCUT2D eigenvalue weighted by Crippen LogP contribution is 2.37. The molecule has 0 saturated heterocycles. The van der Waals surface area contributed by atoms with E-state index in [0.29, 0.717) is 5.69 Å². The van der Waals surface area contributed by atoms with Gasteiger partial charge in [0.2, 0.25) is 10.0 Å². The number of nitrogens with zero attached hydrogens (tertiary/aromatic N) is 1. The van der Waals surface area contributed by atoms with Gasteiger partial charge in [-0.05, 0) is 42.2 Å². The molecule has 1 aliphatic carbocycles. The van der Waals surface area contributed by atoms with Crippen molar-refractivity contribution in [3.8, 4) is 0 Å². The summed E-state index contributed by atoms with van der Waals surface area (Å²) in [6.07, 6.45) is 1.73. The molecule has 110 valence electrons. The second-order valence-corrected chi connectivity index (χ2v) is 7.34. The number of anilines is 1. The van der Waals surface area contributed by atoms with E-state index >= 15 is 0 Å². The molecule has 0 aromatic heterocycles. The third-order valence-corrected chi connectivity index (χ3v) is 5.94. The second-order valence-electron chi connectivity index (χ2n) is 5.35. The summed E-state index contributed by atoms with van der Waals surface area (Å²) in [5.74, 6) is 0. The fourth-order valence-corrected chi connectivity index (χ4v) is 4.34. The molecule has 21 heavy (non-hydrogen) atoms. The number of sulfonamides is 1. The lowest BCUT2D eigenvalue weighted by molar-refractivity contribution is 0.374. The molecule has 2 N–H and O–H groups in total. The van der Waals surface area contributed by atoms with Crippen LogP contribution in [0.25, 0.3) is 0 Å². The molecule has 1 unspecified atom stereocenters. The summed E-state index contributed by atoms with van der Waals surface area (Å²) >= 11 is 0. The molecule has 3 rings (SSSR count). The average molecular weight is 302 g/mol. The standard InChI is InChI=1S/C16H18N2O2S/c1-18(16-10-9-12-5-2-3-8-15(12)16)21(19,20)14-7-4-6-13(17)11-14/h2-8,11,16H,9-10,17H2,1H3. The quantitative estimate of drug-likeness (QED) is 0.886. The maximum Gasteiger partial charge on any atom is 0.243 e. The molecule has 1 atom stereocenters. The van der Waals surface area contributed by atoms with Gasteiger partial charge in [-0.1, -0.05) is 30.3 Å². The highest BCUT2D eigenvalue weighted by Gasteiger charge is 2.33. The van der Waals surface area contributed by atoms with Crippen LogP contribution in [-0.2, 0) is 16.4 Å². The SMILES string of the molecule is CN(C1CCc2ccccc21)S(=O)(=O)c1cccc(N)c1. The maximum absolute atomic E-state index is 12.8. The largest absolute Gasteiger partial charge is 0.399 e. The normalized spacial score (nSPS) is 17.9. The minimum absolute atomic E-state index is 0.104. The van der Waals surface area contributed by atoms with Crippen molar-refractivity contribution in [1.29, 1.82) is 0 Å². The Balaban J connectivity index is 1.97. The van der Waals surface area contributed by atoms with Gasteiger partial charge in [0.05, 0.1) is 10.9 Å². The van der Waals surface area contributed by atoms with Crippen LogP contribution in [0.5, 0.6) is 0 Å². The van der Waals surface area contributed by atoms with Gasteiger partial charge in [-0.3, -0.25) is 0 Å². The Bertz CT molecular complexity index is 771. The van der Waals surface area contributed by atoms with Crippen molar-refractivity contribution < 1.29 is 8.42 Å². The molecule has 0 heterocycles. The topological polar surface area (TPSA) is 63.4 Å². The summed E-state index contributed by atoms with van der Waals surface area (Å²) in [5.41, 5.74) is 8.49.